The van der Waals surface area contributed by atoms with E-state index in [4.69, 9.17) is 4.74 Å². The van der Waals surface area contributed by atoms with Gasteiger partial charge in [0.2, 0.25) is 5.88 Å². The zero-order valence-corrected chi connectivity index (χ0v) is 15.5. The van der Waals surface area contributed by atoms with Crippen molar-refractivity contribution in [1.82, 2.24) is 9.88 Å². The highest BCUT2D eigenvalue weighted by atomic mass is 16.5. The first-order valence-corrected chi connectivity index (χ1v) is 9.22. The molecule has 138 valence electrons. The molecule has 0 unspecified atom stereocenters. The quantitative estimate of drug-likeness (QED) is 0.584. The van der Waals surface area contributed by atoms with Crippen LogP contribution in [0.2, 0.25) is 0 Å². The predicted octanol–water partition coefficient (Wildman–Crippen LogP) is 4.71. The molecule has 0 aliphatic heterocycles. The molecule has 1 heterocycles. The van der Waals surface area contributed by atoms with Gasteiger partial charge in [0.15, 0.2) is 0 Å². The standard InChI is InChI=1S/C23H24N2O2/c1-2-15-25(17-19-9-5-3-6-10-19)23(26)21-13-14-24-22(16-21)27-18-20-11-7-4-8-12-20/h3-14,16H,2,15,17-18H2,1H3. The van der Waals surface area contributed by atoms with Crippen LogP contribution in [0.1, 0.15) is 34.8 Å². The third-order valence-electron chi connectivity index (χ3n) is 4.21. The molecule has 2 aromatic carbocycles. The molecule has 0 N–H and O–H groups in total. The molecular formula is C23H24N2O2. The normalized spacial score (nSPS) is 10.4. The Morgan fingerprint density at radius 2 is 1.63 bits per heavy atom. The van der Waals surface area contributed by atoms with Crippen LogP contribution in [-0.2, 0) is 13.2 Å². The lowest BCUT2D eigenvalue weighted by atomic mass is 10.1. The van der Waals surface area contributed by atoms with Crippen molar-refractivity contribution in [2.45, 2.75) is 26.5 Å². The van der Waals surface area contributed by atoms with Gasteiger partial charge in [0.1, 0.15) is 6.61 Å². The van der Waals surface area contributed by atoms with Crippen LogP contribution >= 0.6 is 0 Å². The van der Waals surface area contributed by atoms with E-state index in [9.17, 15) is 4.79 Å². The molecule has 3 aromatic rings. The van der Waals surface area contributed by atoms with Crippen molar-refractivity contribution in [2.24, 2.45) is 0 Å². The zero-order chi connectivity index (χ0) is 18.9. The van der Waals surface area contributed by atoms with Gasteiger partial charge in [-0.1, -0.05) is 67.6 Å². The maximum atomic E-state index is 13.0. The topological polar surface area (TPSA) is 42.4 Å². The van der Waals surface area contributed by atoms with E-state index >= 15 is 0 Å². The first kappa shape index (κ1) is 18.6. The molecular weight excluding hydrogens is 336 g/mol. The van der Waals surface area contributed by atoms with E-state index in [2.05, 4.69) is 11.9 Å². The SMILES string of the molecule is CCCN(Cc1ccccc1)C(=O)c1ccnc(OCc2ccccc2)c1. The number of rotatable bonds is 8. The number of carbonyl (C=O) groups excluding carboxylic acids is 1. The number of ether oxygens (including phenoxy) is 1. The average molecular weight is 360 g/mol. The van der Waals surface area contributed by atoms with Gasteiger partial charge >= 0.3 is 0 Å². The number of carbonyl (C=O) groups is 1. The highest BCUT2D eigenvalue weighted by Crippen LogP contribution is 2.15. The molecule has 0 aliphatic rings. The van der Waals surface area contributed by atoms with Gasteiger partial charge in [0.05, 0.1) is 0 Å². The minimum Gasteiger partial charge on any atom is -0.473 e. The van der Waals surface area contributed by atoms with E-state index in [1.165, 1.54) is 0 Å². The van der Waals surface area contributed by atoms with Gasteiger partial charge in [-0.2, -0.15) is 0 Å². The van der Waals surface area contributed by atoms with E-state index in [0.29, 0.717) is 31.1 Å². The van der Waals surface area contributed by atoms with E-state index in [1.807, 2.05) is 65.6 Å². The van der Waals surface area contributed by atoms with Crippen LogP contribution in [0.4, 0.5) is 0 Å². The van der Waals surface area contributed by atoms with Crippen molar-refractivity contribution in [3.8, 4) is 5.88 Å². The second-order valence-electron chi connectivity index (χ2n) is 6.37. The van der Waals surface area contributed by atoms with Gasteiger partial charge in [0, 0.05) is 30.9 Å². The molecule has 1 amide bonds. The van der Waals surface area contributed by atoms with Gasteiger partial charge in [-0.25, -0.2) is 4.98 Å². The molecule has 0 atom stereocenters. The Balaban J connectivity index is 1.70. The van der Waals surface area contributed by atoms with Crippen molar-refractivity contribution in [2.75, 3.05) is 6.54 Å². The van der Waals surface area contributed by atoms with E-state index < -0.39 is 0 Å². The van der Waals surface area contributed by atoms with Crippen LogP contribution in [0.5, 0.6) is 5.88 Å². The highest BCUT2D eigenvalue weighted by Gasteiger charge is 2.16. The molecule has 0 radical (unpaired) electrons. The Hall–Kier alpha value is -3.14. The summed E-state index contributed by atoms with van der Waals surface area (Å²) in [6.45, 7) is 3.80. The van der Waals surface area contributed by atoms with Crippen molar-refractivity contribution in [3.05, 3.63) is 95.7 Å². The Kier molecular flexibility index (Phi) is 6.58. The Bertz CT molecular complexity index is 851. The minimum absolute atomic E-state index is 0.00679. The lowest BCUT2D eigenvalue weighted by molar-refractivity contribution is 0.0742. The average Bonchev–Trinajstić information content (AvgIpc) is 2.73. The van der Waals surface area contributed by atoms with E-state index in [-0.39, 0.29) is 5.91 Å². The van der Waals surface area contributed by atoms with Gasteiger partial charge in [-0.05, 0) is 23.6 Å². The second-order valence-corrected chi connectivity index (χ2v) is 6.37. The summed E-state index contributed by atoms with van der Waals surface area (Å²) in [5.41, 5.74) is 2.78. The summed E-state index contributed by atoms with van der Waals surface area (Å²) in [6.07, 6.45) is 2.53. The molecule has 4 heteroatoms. The Morgan fingerprint density at radius 1 is 0.963 bits per heavy atom. The number of nitrogens with zero attached hydrogens (tertiary/aromatic N) is 2. The van der Waals surface area contributed by atoms with Crippen molar-refractivity contribution in [3.63, 3.8) is 0 Å². The van der Waals surface area contributed by atoms with Gasteiger partial charge < -0.3 is 9.64 Å². The fraction of sp³-hybridized carbons (Fsp3) is 0.217. The Labute approximate surface area is 160 Å². The molecule has 0 fully saturated rings. The van der Waals surface area contributed by atoms with Crippen LogP contribution in [0.25, 0.3) is 0 Å². The van der Waals surface area contributed by atoms with Crippen molar-refractivity contribution in [1.29, 1.82) is 0 Å². The summed E-state index contributed by atoms with van der Waals surface area (Å²) in [5, 5.41) is 0. The number of benzene rings is 2. The van der Waals surface area contributed by atoms with Crippen molar-refractivity contribution < 1.29 is 9.53 Å². The number of aromatic nitrogens is 1. The van der Waals surface area contributed by atoms with Gasteiger partial charge in [0.25, 0.3) is 5.91 Å². The van der Waals surface area contributed by atoms with E-state index in [0.717, 1.165) is 17.5 Å². The molecule has 27 heavy (non-hydrogen) atoms. The predicted molar refractivity (Wildman–Crippen MR) is 106 cm³/mol. The largest absolute Gasteiger partial charge is 0.473 e. The fourth-order valence-electron chi connectivity index (χ4n) is 2.86. The lowest BCUT2D eigenvalue weighted by Gasteiger charge is -2.22. The minimum atomic E-state index is -0.00679. The van der Waals surface area contributed by atoms with Crippen LogP contribution in [0, 0.1) is 0 Å². The molecule has 0 saturated heterocycles. The lowest BCUT2D eigenvalue weighted by Crippen LogP contribution is -2.31. The summed E-state index contributed by atoms with van der Waals surface area (Å²) in [4.78, 5) is 19.1. The van der Waals surface area contributed by atoms with Gasteiger partial charge in [-0.3, -0.25) is 4.79 Å². The molecule has 4 nitrogen and oxygen atoms in total. The molecule has 3 rings (SSSR count). The summed E-state index contributed by atoms with van der Waals surface area (Å²) < 4.78 is 5.76. The summed E-state index contributed by atoms with van der Waals surface area (Å²) >= 11 is 0. The zero-order valence-electron chi connectivity index (χ0n) is 15.5. The summed E-state index contributed by atoms with van der Waals surface area (Å²) in [7, 11) is 0. The number of pyridine rings is 1. The maximum Gasteiger partial charge on any atom is 0.254 e. The molecule has 0 spiro atoms. The van der Waals surface area contributed by atoms with Crippen LogP contribution in [-0.4, -0.2) is 22.3 Å². The third-order valence-corrected chi connectivity index (χ3v) is 4.21. The highest BCUT2D eigenvalue weighted by molar-refractivity contribution is 5.94. The third kappa shape index (κ3) is 5.42. The number of hydrogen-bond acceptors (Lipinski definition) is 3. The summed E-state index contributed by atoms with van der Waals surface area (Å²) in [6, 6.07) is 23.4. The molecule has 1 aromatic heterocycles. The van der Waals surface area contributed by atoms with Crippen molar-refractivity contribution >= 4 is 5.91 Å². The summed E-state index contributed by atoms with van der Waals surface area (Å²) in [5.74, 6) is 0.452. The Morgan fingerprint density at radius 3 is 2.30 bits per heavy atom. The molecule has 0 aliphatic carbocycles. The van der Waals surface area contributed by atoms with E-state index in [1.54, 1.807) is 18.3 Å². The van der Waals surface area contributed by atoms with Gasteiger partial charge in [-0.15, -0.1) is 0 Å². The molecule has 0 bridgehead atoms. The first-order chi connectivity index (χ1) is 13.3. The maximum absolute atomic E-state index is 13.0. The monoisotopic (exact) mass is 360 g/mol. The van der Waals surface area contributed by atoms with Crippen LogP contribution < -0.4 is 4.74 Å². The number of hydrogen-bond donors (Lipinski definition) is 0. The first-order valence-electron chi connectivity index (χ1n) is 9.22. The second kappa shape index (κ2) is 9.53. The fourth-order valence-corrected chi connectivity index (χ4v) is 2.86. The molecule has 0 saturated carbocycles. The van der Waals surface area contributed by atoms with Crippen LogP contribution in [0.3, 0.4) is 0 Å². The smallest absolute Gasteiger partial charge is 0.254 e. The number of amides is 1. The van der Waals surface area contributed by atoms with Crippen LogP contribution in [0.15, 0.2) is 79.0 Å².